The Bertz CT molecular complexity index is 837. The fraction of sp³-hybridized carbons (Fsp3) is 0.158. The number of aromatic hydroxyl groups is 1. The van der Waals surface area contributed by atoms with Crippen molar-refractivity contribution >= 4 is 10.8 Å². The smallest absolute Gasteiger partial charge is 0.130 e. The molecular weight excluding hydrogens is 276 g/mol. The number of hydrogen-bond acceptors (Lipinski definition) is 3. The van der Waals surface area contributed by atoms with E-state index in [0.29, 0.717) is 5.75 Å². The summed E-state index contributed by atoms with van der Waals surface area (Å²) in [5, 5.41) is 12.1. The molecule has 0 aliphatic heterocycles. The Labute approximate surface area is 129 Å². The Morgan fingerprint density at radius 1 is 0.864 bits per heavy atom. The summed E-state index contributed by atoms with van der Waals surface area (Å²) in [7, 11) is 3.26. The van der Waals surface area contributed by atoms with E-state index in [1.54, 1.807) is 20.3 Å². The summed E-state index contributed by atoms with van der Waals surface area (Å²) in [6.45, 7) is 2.02. The van der Waals surface area contributed by atoms with Gasteiger partial charge in [0, 0.05) is 5.56 Å². The van der Waals surface area contributed by atoms with Crippen molar-refractivity contribution in [1.82, 2.24) is 0 Å². The lowest BCUT2D eigenvalue weighted by molar-refractivity contribution is 0.415. The average molecular weight is 294 g/mol. The van der Waals surface area contributed by atoms with Crippen LogP contribution in [0.25, 0.3) is 21.9 Å². The minimum Gasteiger partial charge on any atom is -0.507 e. The van der Waals surface area contributed by atoms with Crippen LogP contribution in [0.1, 0.15) is 5.56 Å². The molecule has 0 aliphatic rings. The zero-order valence-corrected chi connectivity index (χ0v) is 12.9. The van der Waals surface area contributed by atoms with E-state index in [2.05, 4.69) is 0 Å². The van der Waals surface area contributed by atoms with Gasteiger partial charge in [0.05, 0.1) is 19.6 Å². The number of hydrogen-bond donors (Lipinski definition) is 1. The molecule has 3 aromatic rings. The van der Waals surface area contributed by atoms with E-state index >= 15 is 0 Å². The van der Waals surface area contributed by atoms with Gasteiger partial charge in [0.25, 0.3) is 0 Å². The molecule has 0 radical (unpaired) electrons. The van der Waals surface area contributed by atoms with Crippen LogP contribution in [-0.2, 0) is 0 Å². The van der Waals surface area contributed by atoms with Crippen LogP contribution < -0.4 is 9.47 Å². The van der Waals surface area contributed by atoms with E-state index in [0.717, 1.165) is 33.2 Å². The standard InChI is InChI=1S/C19H18O3/c1-12-7-8-15(18(9-12)22-3)14-10-13-5-4-6-17(21-2)19(13)16(20)11-14/h4-11,20H,1-3H3. The Balaban J connectivity index is 2.25. The van der Waals surface area contributed by atoms with Crippen molar-refractivity contribution < 1.29 is 14.6 Å². The summed E-state index contributed by atoms with van der Waals surface area (Å²) in [5.41, 5.74) is 3.00. The molecule has 0 saturated heterocycles. The molecule has 0 bridgehead atoms. The molecule has 0 amide bonds. The van der Waals surface area contributed by atoms with Crippen molar-refractivity contribution in [2.75, 3.05) is 14.2 Å². The first kappa shape index (κ1) is 14.3. The Kier molecular flexibility index (Phi) is 3.63. The molecule has 3 heteroatoms. The van der Waals surface area contributed by atoms with Crippen molar-refractivity contribution in [2.24, 2.45) is 0 Å². The fourth-order valence-electron chi connectivity index (χ4n) is 2.73. The fourth-order valence-corrected chi connectivity index (χ4v) is 2.73. The minimum atomic E-state index is 0.201. The lowest BCUT2D eigenvalue weighted by atomic mass is 9.98. The largest absolute Gasteiger partial charge is 0.507 e. The molecule has 0 saturated carbocycles. The van der Waals surface area contributed by atoms with Gasteiger partial charge in [-0.1, -0.05) is 24.3 Å². The zero-order valence-electron chi connectivity index (χ0n) is 12.9. The molecule has 0 aromatic heterocycles. The number of phenolic OH excluding ortho intramolecular Hbond substituents is 1. The van der Waals surface area contributed by atoms with Crippen LogP contribution in [0.5, 0.6) is 17.2 Å². The van der Waals surface area contributed by atoms with Crippen LogP contribution >= 0.6 is 0 Å². The van der Waals surface area contributed by atoms with Crippen molar-refractivity contribution in [2.45, 2.75) is 6.92 Å². The van der Waals surface area contributed by atoms with Gasteiger partial charge in [-0.25, -0.2) is 0 Å². The molecule has 3 rings (SSSR count). The lowest BCUT2D eigenvalue weighted by Gasteiger charge is -2.13. The van der Waals surface area contributed by atoms with Gasteiger partial charge in [0.2, 0.25) is 0 Å². The van der Waals surface area contributed by atoms with Crippen molar-refractivity contribution in [3.63, 3.8) is 0 Å². The summed E-state index contributed by atoms with van der Waals surface area (Å²) >= 11 is 0. The van der Waals surface area contributed by atoms with Gasteiger partial charge in [-0.15, -0.1) is 0 Å². The number of ether oxygens (including phenoxy) is 2. The van der Waals surface area contributed by atoms with Crippen molar-refractivity contribution in [1.29, 1.82) is 0 Å². The predicted octanol–water partition coefficient (Wildman–Crippen LogP) is 4.54. The van der Waals surface area contributed by atoms with Gasteiger partial charge in [-0.3, -0.25) is 0 Å². The first-order valence-corrected chi connectivity index (χ1v) is 7.09. The number of aryl methyl sites for hydroxylation is 1. The van der Waals surface area contributed by atoms with Gasteiger partial charge in [0.1, 0.15) is 17.2 Å². The zero-order chi connectivity index (χ0) is 15.7. The van der Waals surface area contributed by atoms with E-state index in [9.17, 15) is 5.11 Å². The van der Waals surface area contributed by atoms with Crippen LogP contribution in [0.4, 0.5) is 0 Å². The maximum atomic E-state index is 10.4. The van der Waals surface area contributed by atoms with Gasteiger partial charge in [-0.2, -0.15) is 0 Å². The molecule has 0 unspecified atom stereocenters. The summed E-state index contributed by atoms with van der Waals surface area (Å²) < 4.78 is 10.8. The minimum absolute atomic E-state index is 0.201. The third kappa shape index (κ3) is 2.35. The quantitative estimate of drug-likeness (QED) is 0.771. The topological polar surface area (TPSA) is 38.7 Å². The van der Waals surface area contributed by atoms with E-state index in [1.165, 1.54) is 0 Å². The molecule has 0 fully saturated rings. The maximum absolute atomic E-state index is 10.4. The van der Waals surface area contributed by atoms with Crippen LogP contribution in [0.15, 0.2) is 48.5 Å². The molecule has 0 atom stereocenters. The number of benzene rings is 3. The Morgan fingerprint density at radius 3 is 2.36 bits per heavy atom. The van der Waals surface area contributed by atoms with Gasteiger partial charge < -0.3 is 14.6 Å². The normalized spacial score (nSPS) is 10.7. The molecule has 22 heavy (non-hydrogen) atoms. The first-order valence-electron chi connectivity index (χ1n) is 7.09. The highest BCUT2D eigenvalue weighted by Crippen LogP contribution is 2.39. The van der Waals surface area contributed by atoms with Crippen LogP contribution in [-0.4, -0.2) is 19.3 Å². The second-order valence-corrected chi connectivity index (χ2v) is 5.26. The second kappa shape index (κ2) is 5.60. The summed E-state index contributed by atoms with van der Waals surface area (Å²) in [4.78, 5) is 0. The van der Waals surface area contributed by atoms with E-state index in [-0.39, 0.29) is 5.75 Å². The molecule has 112 valence electrons. The number of methoxy groups -OCH3 is 2. The number of phenols is 1. The van der Waals surface area contributed by atoms with Crippen molar-refractivity contribution in [3.05, 3.63) is 54.1 Å². The Hall–Kier alpha value is -2.68. The van der Waals surface area contributed by atoms with E-state index in [1.807, 2.05) is 49.4 Å². The number of fused-ring (bicyclic) bond motifs is 1. The molecular formula is C19H18O3. The third-order valence-corrected chi connectivity index (χ3v) is 3.81. The molecule has 1 N–H and O–H groups in total. The van der Waals surface area contributed by atoms with Crippen LogP contribution in [0, 0.1) is 6.92 Å². The summed E-state index contributed by atoms with van der Waals surface area (Å²) in [6.07, 6.45) is 0. The molecule has 0 heterocycles. The van der Waals surface area contributed by atoms with Gasteiger partial charge >= 0.3 is 0 Å². The van der Waals surface area contributed by atoms with Crippen molar-refractivity contribution in [3.8, 4) is 28.4 Å². The van der Waals surface area contributed by atoms with E-state index in [4.69, 9.17) is 9.47 Å². The lowest BCUT2D eigenvalue weighted by Crippen LogP contribution is -1.90. The maximum Gasteiger partial charge on any atom is 0.130 e. The summed E-state index contributed by atoms with van der Waals surface area (Å²) in [5.74, 6) is 1.66. The second-order valence-electron chi connectivity index (χ2n) is 5.26. The van der Waals surface area contributed by atoms with Crippen LogP contribution in [0.2, 0.25) is 0 Å². The molecule has 0 aliphatic carbocycles. The SMILES string of the molecule is COc1cc(C)ccc1-c1cc(O)c2c(OC)cccc2c1. The first-order chi connectivity index (χ1) is 10.6. The predicted molar refractivity (Wildman–Crippen MR) is 88.9 cm³/mol. The van der Waals surface area contributed by atoms with E-state index < -0.39 is 0 Å². The summed E-state index contributed by atoms with van der Waals surface area (Å²) in [6, 6.07) is 15.5. The van der Waals surface area contributed by atoms with Gasteiger partial charge in [0.15, 0.2) is 0 Å². The van der Waals surface area contributed by atoms with Crippen LogP contribution in [0.3, 0.4) is 0 Å². The Morgan fingerprint density at radius 2 is 1.64 bits per heavy atom. The van der Waals surface area contributed by atoms with Gasteiger partial charge in [-0.05, 0) is 47.7 Å². The number of rotatable bonds is 3. The third-order valence-electron chi connectivity index (χ3n) is 3.81. The molecule has 0 spiro atoms. The average Bonchev–Trinajstić information content (AvgIpc) is 2.53. The monoisotopic (exact) mass is 294 g/mol. The molecule has 3 aromatic carbocycles. The highest BCUT2D eigenvalue weighted by molar-refractivity contribution is 5.97. The highest BCUT2D eigenvalue weighted by atomic mass is 16.5. The highest BCUT2D eigenvalue weighted by Gasteiger charge is 2.12. The molecule has 3 nitrogen and oxygen atoms in total.